The Morgan fingerprint density at radius 1 is 1.31 bits per heavy atom. The van der Waals surface area contributed by atoms with Gasteiger partial charge in [-0.3, -0.25) is 4.79 Å². The maximum Gasteiger partial charge on any atom is 0.256 e. The number of ether oxygens (including phenoxy) is 3. The molecule has 2 aromatic rings. The Bertz CT molecular complexity index is 847. The van der Waals surface area contributed by atoms with Gasteiger partial charge in [0.15, 0.2) is 6.79 Å². The van der Waals surface area contributed by atoms with Crippen molar-refractivity contribution in [2.75, 3.05) is 6.79 Å². The van der Waals surface area contributed by atoms with Crippen molar-refractivity contribution in [2.24, 2.45) is 0 Å². The van der Waals surface area contributed by atoms with E-state index in [1.807, 2.05) is 43.7 Å². The van der Waals surface area contributed by atoms with E-state index in [0.717, 1.165) is 5.56 Å². The van der Waals surface area contributed by atoms with Gasteiger partial charge >= 0.3 is 0 Å². The van der Waals surface area contributed by atoms with E-state index in [1.165, 1.54) is 0 Å². The van der Waals surface area contributed by atoms with Crippen molar-refractivity contribution in [2.45, 2.75) is 51.5 Å². The highest BCUT2D eigenvalue weighted by atomic mass is 32.1. The largest absolute Gasteiger partial charge is 0.489 e. The van der Waals surface area contributed by atoms with E-state index in [4.69, 9.17) is 19.5 Å². The summed E-state index contributed by atoms with van der Waals surface area (Å²) in [7, 11) is 3.57. The first-order valence-corrected chi connectivity index (χ1v) is 10.7. The van der Waals surface area contributed by atoms with Crippen molar-refractivity contribution in [1.29, 1.82) is 5.26 Å². The second-order valence-corrected chi connectivity index (χ2v) is 8.78. The van der Waals surface area contributed by atoms with Gasteiger partial charge in [-0.15, -0.1) is 0 Å². The van der Waals surface area contributed by atoms with Crippen LogP contribution >= 0.6 is 11.3 Å². The van der Waals surface area contributed by atoms with Crippen LogP contribution in [0.15, 0.2) is 35.0 Å². The SMILES string of the molecule is CC(C#N)NC(=O)c1ccc(OCc2ccsc2)cc1OCOC(C)(C)C(C)[Si]. The Balaban J connectivity index is 2.15. The summed E-state index contributed by atoms with van der Waals surface area (Å²) in [4.78, 5) is 12.5. The molecule has 0 spiro atoms. The van der Waals surface area contributed by atoms with E-state index < -0.39 is 17.6 Å². The van der Waals surface area contributed by atoms with Crippen molar-refractivity contribution in [3.8, 4) is 17.6 Å². The summed E-state index contributed by atoms with van der Waals surface area (Å²) in [5.41, 5.74) is 1.02. The average molecular weight is 430 g/mol. The first-order valence-electron chi connectivity index (χ1n) is 9.19. The minimum Gasteiger partial charge on any atom is -0.489 e. The van der Waals surface area contributed by atoms with Crippen LogP contribution in [0.4, 0.5) is 0 Å². The van der Waals surface area contributed by atoms with Gasteiger partial charge in [-0.05, 0) is 60.8 Å². The molecule has 0 aliphatic heterocycles. The summed E-state index contributed by atoms with van der Waals surface area (Å²) in [6, 6.07) is 8.34. The molecule has 0 aliphatic carbocycles. The third-order valence-corrected chi connectivity index (χ3v) is 5.84. The summed E-state index contributed by atoms with van der Waals surface area (Å²) >= 11 is 1.60. The highest BCUT2D eigenvalue weighted by Gasteiger charge is 2.24. The first kappa shape index (κ1) is 22.9. The number of nitrogens with zero attached hydrogens (tertiary/aromatic N) is 1. The van der Waals surface area contributed by atoms with Crippen molar-refractivity contribution in [1.82, 2.24) is 5.32 Å². The van der Waals surface area contributed by atoms with Crippen LogP contribution in [0.2, 0.25) is 5.54 Å². The van der Waals surface area contributed by atoms with E-state index in [1.54, 1.807) is 36.5 Å². The molecule has 1 amide bonds. The van der Waals surface area contributed by atoms with Gasteiger partial charge in [0.1, 0.15) is 24.1 Å². The van der Waals surface area contributed by atoms with E-state index in [2.05, 4.69) is 15.6 Å². The zero-order valence-electron chi connectivity index (χ0n) is 17.0. The number of thiophene rings is 1. The van der Waals surface area contributed by atoms with Crippen LogP contribution in [0, 0.1) is 11.3 Å². The highest BCUT2D eigenvalue weighted by molar-refractivity contribution is 7.07. The van der Waals surface area contributed by atoms with Gasteiger partial charge in [-0.1, -0.05) is 6.92 Å². The van der Waals surface area contributed by atoms with Crippen LogP contribution in [0.5, 0.6) is 11.5 Å². The van der Waals surface area contributed by atoms with Gasteiger partial charge in [0.2, 0.25) is 0 Å². The molecule has 3 radical (unpaired) electrons. The number of hydrogen-bond acceptors (Lipinski definition) is 6. The maximum absolute atomic E-state index is 12.5. The standard InChI is InChI=1S/C21H25N2O4SSi/c1-14(10-22)23-20(24)18-6-5-17(25-11-16-7-8-28-12-16)9-19(18)26-13-27-21(3,4)15(2)29/h5-9,12,14-15H,11,13H2,1-4H3,(H,23,24). The lowest BCUT2D eigenvalue weighted by Crippen LogP contribution is -2.32. The number of benzene rings is 1. The summed E-state index contributed by atoms with van der Waals surface area (Å²) in [6.45, 7) is 7.86. The molecule has 2 unspecified atom stereocenters. The molecule has 153 valence electrons. The summed E-state index contributed by atoms with van der Waals surface area (Å²) in [5, 5.41) is 15.6. The molecule has 29 heavy (non-hydrogen) atoms. The molecular weight excluding hydrogens is 404 g/mol. The van der Waals surface area contributed by atoms with Gasteiger partial charge in [0.25, 0.3) is 5.91 Å². The molecule has 0 saturated carbocycles. The number of amides is 1. The normalized spacial score (nSPS) is 13.2. The van der Waals surface area contributed by atoms with E-state index >= 15 is 0 Å². The van der Waals surface area contributed by atoms with Crippen molar-refractivity contribution in [3.05, 3.63) is 46.2 Å². The van der Waals surface area contributed by atoms with Gasteiger partial charge < -0.3 is 19.5 Å². The lowest BCUT2D eigenvalue weighted by molar-refractivity contribution is -0.0870. The molecule has 0 bridgehead atoms. The molecule has 1 aromatic heterocycles. The third kappa shape index (κ3) is 6.89. The van der Waals surface area contributed by atoms with Crippen molar-refractivity contribution in [3.63, 3.8) is 0 Å². The topological polar surface area (TPSA) is 80.6 Å². The molecule has 0 fully saturated rings. The lowest BCUT2D eigenvalue weighted by Gasteiger charge is -2.29. The first-order chi connectivity index (χ1) is 13.7. The molecule has 0 saturated heterocycles. The quantitative estimate of drug-likeness (QED) is 0.455. The summed E-state index contributed by atoms with van der Waals surface area (Å²) in [6.07, 6.45) is 0. The van der Waals surface area contributed by atoms with Crippen molar-refractivity contribution < 1.29 is 19.0 Å². The Morgan fingerprint density at radius 2 is 2.07 bits per heavy atom. The third-order valence-electron chi connectivity index (χ3n) is 4.41. The molecule has 2 atom stereocenters. The zero-order chi connectivity index (χ0) is 21.4. The summed E-state index contributed by atoms with van der Waals surface area (Å²) in [5.74, 6) is 0.503. The number of hydrogen-bond donors (Lipinski definition) is 1. The number of carbonyl (C=O) groups is 1. The fraction of sp³-hybridized carbons (Fsp3) is 0.429. The minimum absolute atomic E-state index is 0.0378. The molecule has 1 heterocycles. The number of nitrogens with one attached hydrogen (secondary N) is 1. The second-order valence-electron chi connectivity index (χ2n) is 7.13. The Kier molecular flexibility index (Phi) is 8.26. The smallest absolute Gasteiger partial charge is 0.256 e. The Labute approximate surface area is 179 Å². The minimum atomic E-state index is -0.617. The van der Waals surface area contributed by atoms with Gasteiger partial charge in [-0.2, -0.15) is 16.6 Å². The number of carbonyl (C=O) groups excluding carboxylic acids is 1. The Morgan fingerprint density at radius 3 is 2.69 bits per heavy atom. The summed E-state index contributed by atoms with van der Waals surface area (Å²) < 4.78 is 17.4. The maximum atomic E-state index is 12.5. The lowest BCUT2D eigenvalue weighted by atomic mass is 10.1. The van der Waals surface area contributed by atoms with E-state index in [0.29, 0.717) is 23.7 Å². The number of nitriles is 1. The Hall–Kier alpha value is -2.34. The van der Waals surface area contributed by atoms with E-state index in [9.17, 15) is 4.79 Å². The fourth-order valence-electron chi connectivity index (χ4n) is 2.12. The van der Waals surface area contributed by atoms with Crippen LogP contribution in [0.25, 0.3) is 0 Å². The number of rotatable bonds is 10. The predicted molar refractivity (Wildman–Crippen MR) is 113 cm³/mol. The monoisotopic (exact) mass is 429 g/mol. The fourth-order valence-corrected chi connectivity index (χ4v) is 2.85. The van der Waals surface area contributed by atoms with E-state index in [-0.39, 0.29) is 12.3 Å². The van der Waals surface area contributed by atoms with Crippen LogP contribution in [-0.2, 0) is 11.3 Å². The molecular formula is C21H25N2O4SSi. The van der Waals surface area contributed by atoms with Gasteiger partial charge in [0.05, 0.1) is 17.2 Å². The molecule has 0 aliphatic rings. The van der Waals surface area contributed by atoms with Crippen LogP contribution in [-0.4, -0.2) is 34.6 Å². The van der Waals surface area contributed by atoms with Crippen LogP contribution < -0.4 is 14.8 Å². The molecule has 8 heteroatoms. The van der Waals surface area contributed by atoms with Crippen molar-refractivity contribution >= 4 is 27.5 Å². The second kappa shape index (κ2) is 10.4. The molecule has 2 rings (SSSR count). The zero-order valence-corrected chi connectivity index (χ0v) is 18.8. The highest BCUT2D eigenvalue weighted by Crippen LogP contribution is 2.28. The average Bonchev–Trinajstić information content (AvgIpc) is 3.19. The predicted octanol–water partition coefficient (Wildman–Crippen LogP) is 4.08. The molecule has 6 nitrogen and oxygen atoms in total. The van der Waals surface area contributed by atoms with Crippen LogP contribution in [0.1, 0.15) is 43.6 Å². The van der Waals surface area contributed by atoms with Crippen LogP contribution in [0.3, 0.4) is 0 Å². The van der Waals surface area contributed by atoms with Gasteiger partial charge in [0, 0.05) is 16.3 Å². The molecule has 1 N–H and O–H groups in total. The molecule has 1 aromatic carbocycles. The van der Waals surface area contributed by atoms with Gasteiger partial charge in [-0.25, -0.2) is 0 Å².